The molecule has 5 nitrogen and oxygen atoms in total. The fourth-order valence-corrected chi connectivity index (χ4v) is 2.72. The van der Waals surface area contributed by atoms with Crippen molar-refractivity contribution >= 4 is 17.6 Å². The molecule has 1 aliphatic heterocycles. The zero-order chi connectivity index (χ0) is 17.3. The molecule has 0 aliphatic carbocycles. The second-order valence-corrected chi connectivity index (χ2v) is 6.07. The van der Waals surface area contributed by atoms with Crippen molar-refractivity contribution in [1.82, 2.24) is 0 Å². The molecule has 1 fully saturated rings. The third-order valence-corrected chi connectivity index (χ3v) is 4.32. The van der Waals surface area contributed by atoms with E-state index in [0.29, 0.717) is 11.4 Å². The number of hydrogen-bond acceptors (Lipinski definition) is 4. The van der Waals surface area contributed by atoms with Crippen LogP contribution in [0.5, 0.6) is 11.5 Å². The van der Waals surface area contributed by atoms with Gasteiger partial charge in [0.05, 0.1) is 0 Å². The molecule has 3 rings (SSSR count). The molecule has 0 spiro atoms. The van der Waals surface area contributed by atoms with Gasteiger partial charge in [-0.3, -0.25) is 4.79 Å². The first-order valence-electron chi connectivity index (χ1n) is 7.80. The Hall–Kier alpha value is -2.82. The third-order valence-electron chi connectivity index (χ3n) is 4.32. The predicted molar refractivity (Wildman–Crippen MR) is 87.9 cm³/mol. The highest BCUT2D eigenvalue weighted by atomic mass is 16.5. The molecule has 1 amide bonds. The number of rotatable bonds is 4. The molecule has 1 saturated heterocycles. The number of aliphatic carboxylic acids is 1. The molecule has 1 aliphatic rings. The number of aryl methyl sites for hydroxylation is 2. The standard InChI is InChI=1S/C19H19NO4/c1-12-3-6-17(9-13(12)2)24-16-7-4-15(5-8-16)20-11-14(19(22)23)10-18(20)21/h3-9,14H,10-11H2,1-2H3,(H,22,23)/p-1/t14-/m1/s1. The van der Waals surface area contributed by atoms with Crippen LogP contribution in [-0.2, 0) is 9.59 Å². The highest BCUT2D eigenvalue weighted by Gasteiger charge is 2.31. The molecule has 2 aromatic carbocycles. The van der Waals surface area contributed by atoms with Crippen LogP contribution in [0.1, 0.15) is 17.5 Å². The fraction of sp³-hybridized carbons (Fsp3) is 0.263. The van der Waals surface area contributed by atoms with Gasteiger partial charge >= 0.3 is 0 Å². The Morgan fingerprint density at radius 3 is 2.33 bits per heavy atom. The van der Waals surface area contributed by atoms with Crippen molar-refractivity contribution in [3.63, 3.8) is 0 Å². The molecule has 0 aromatic heterocycles. The van der Waals surface area contributed by atoms with Gasteiger partial charge < -0.3 is 19.5 Å². The van der Waals surface area contributed by atoms with Gasteiger partial charge in [-0.25, -0.2) is 0 Å². The molecular weight excluding hydrogens is 306 g/mol. The van der Waals surface area contributed by atoms with E-state index in [9.17, 15) is 14.7 Å². The Morgan fingerprint density at radius 2 is 1.75 bits per heavy atom. The molecule has 0 saturated carbocycles. The van der Waals surface area contributed by atoms with Crippen molar-refractivity contribution in [2.75, 3.05) is 11.4 Å². The van der Waals surface area contributed by atoms with Gasteiger partial charge in [-0.05, 0) is 61.4 Å². The van der Waals surface area contributed by atoms with Crippen LogP contribution in [0.25, 0.3) is 0 Å². The summed E-state index contributed by atoms with van der Waals surface area (Å²) in [7, 11) is 0. The molecule has 24 heavy (non-hydrogen) atoms. The molecule has 0 unspecified atom stereocenters. The first-order chi connectivity index (χ1) is 11.4. The molecule has 1 heterocycles. The summed E-state index contributed by atoms with van der Waals surface area (Å²) in [5, 5.41) is 10.9. The van der Waals surface area contributed by atoms with E-state index >= 15 is 0 Å². The minimum absolute atomic E-state index is 0.0107. The minimum Gasteiger partial charge on any atom is -0.550 e. The lowest BCUT2D eigenvalue weighted by Gasteiger charge is -2.17. The summed E-state index contributed by atoms with van der Waals surface area (Å²) in [6, 6.07) is 12.9. The molecule has 0 radical (unpaired) electrons. The fourth-order valence-electron chi connectivity index (χ4n) is 2.72. The number of benzene rings is 2. The van der Waals surface area contributed by atoms with E-state index < -0.39 is 11.9 Å². The van der Waals surface area contributed by atoms with Gasteiger partial charge in [0.25, 0.3) is 0 Å². The van der Waals surface area contributed by atoms with Crippen molar-refractivity contribution in [3.05, 3.63) is 53.6 Å². The highest BCUT2D eigenvalue weighted by Crippen LogP contribution is 2.29. The van der Waals surface area contributed by atoms with Crippen molar-refractivity contribution in [2.24, 2.45) is 5.92 Å². The number of carboxylic acid groups (broad SMARTS) is 1. The number of hydrogen-bond donors (Lipinski definition) is 0. The van der Waals surface area contributed by atoms with E-state index in [0.717, 1.165) is 11.3 Å². The zero-order valence-electron chi connectivity index (χ0n) is 13.6. The Bertz CT molecular complexity index is 782. The average Bonchev–Trinajstić information content (AvgIpc) is 2.94. The molecular formula is C19H18NO4-. The summed E-state index contributed by atoms with van der Waals surface area (Å²) in [6.45, 7) is 4.22. The van der Waals surface area contributed by atoms with Gasteiger partial charge in [-0.2, -0.15) is 0 Å². The summed E-state index contributed by atoms with van der Waals surface area (Å²) in [5.41, 5.74) is 3.02. The lowest BCUT2D eigenvalue weighted by atomic mass is 10.1. The largest absolute Gasteiger partial charge is 0.550 e. The smallest absolute Gasteiger partial charge is 0.227 e. The Balaban J connectivity index is 1.72. The van der Waals surface area contributed by atoms with Gasteiger partial charge in [0.1, 0.15) is 11.5 Å². The van der Waals surface area contributed by atoms with Gasteiger partial charge in [-0.15, -0.1) is 0 Å². The SMILES string of the molecule is Cc1ccc(Oc2ccc(N3C[C@H](C(=O)[O-])CC3=O)cc2)cc1C. The number of carbonyl (C=O) groups excluding carboxylic acids is 2. The van der Waals surface area contributed by atoms with Crippen LogP contribution in [0.2, 0.25) is 0 Å². The number of carboxylic acids is 1. The monoisotopic (exact) mass is 324 g/mol. The van der Waals surface area contributed by atoms with E-state index in [4.69, 9.17) is 4.74 Å². The van der Waals surface area contributed by atoms with Gasteiger partial charge in [0.2, 0.25) is 5.91 Å². The van der Waals surface area contributed by atoms with Gasteiger partial charge in [0.15, 0.2) is 0 Å². The third kappa shape index (κ3) is 3.25. The molecule has 0 bridgehead atoms. The van der Waals surface area contributed by atoms with Crippen LogP contribution in [0.15, 0.2) is 42.5 Å². The van der Waals surface area contributed by atoms with Crippen molar-refractivity contribution in [3.8, 4) is 11.5 Å². The Labute approximate surface area is 140 Å². The highest BCUT2D eigenvalue weighted by molar-refractivity contribution is 5.98. The van der Waals surface area contributed by atoms with E-state index in [2.05, 4.69) is 0 Å². The molecule has 5 heteroatoms. The van der Waals surface area contributed by atoms with Gasteiger partial charge in [0, 0.05) is 30.5 Å². The lowest BCUT2D eigenvalue weighted by Crippen LogP contribution is -2.33. The molecule has 1 atom stereocenters. The molecule has 0 N–H and O–H groups in total. The van der Waals surface area contributed by atoms with E-state index in [1.54, 1.807) is 24.3 Å². The Kier molecular flexibility index (Phi) is 4.25. The summed E-state index contributed by atoms with van der Waals surface area (Å²) in [6.07, 6.45) is -0.0107. The van der Waals surface area contributed by atoms with Crippen LogP contribution < -0.4 is 14.7 Å². The maximum atomic E-state index is 11.9. The van der Waals surface area contributed by atoms with Crippen LogP contribution in [0.4, 0.5) is 5.69 Å². The van der Waals surface area contributed by atoms with Crippen molar-refractivity contribution in [2.45, 2.75) is 20.3 Å². The van der Waals surface area contributed by atoms with E-state index in [1.165, 1.54) is 10.5 Å². The summed E-state index contributed by atoms with van der Waals surface area (Å²) < 4.78 is 5.81. The maximum absolute atomic E-state index is 11.9. The summed E-state index contributed by atoms with van der Waals surface area (Å²) in [5.74, 6) is -0.721. The lowest BCUT2D eigenvalue weighted by molar-refractivity contribution is -0.310. The number of nitrogens with zero attached hydrogens (tertiary/aromatic N) is 1. The number of amides is 1. The second kappa shape index (κ2) is 6.35. The van der Waals surface area contributed by atoms with Gasteiger partial charge in [-0.1, -0.05) is 6.07 Å². The van der Waals surface area contributed by atoms with E-state index in [1.807, 2.05) is 32.0 Å². The number of carbonyl (C=O) groups is 2. The second-order valence-electron chi connectivity index (χ2n) is 6.07. The summed E-state index contributed by atoms with van der Waals surface area (Å²) in [4.78, 5) is 24.3. The summed E-state index contributed by atoms with van der Waals surface area (Å²) >= 11 is 0. The van der Waals surface area contributed by atoms with Crippen LogP contribution in [0.3, 0.4) is 0 Å². The van der Waals surface area contributed by atoms with Crippen LogP contribution in [0, 0.1) is 19.8 Å². The van der Waals surface area contributed by atoms with Crippen molar-refractivity contribution in [1.29, 1.82) is 0 Å². The molecule has 2 aromatic rings. The van der Waals surface area contributed by atoms with Crippen LogP contribution >= 0.6 is 0 Å². The Morgan fingerprint density at radius 1 is 1.08 bits per heavy atom. The normalized spacial score (nSPS) is 17.2. The first kappa shape index (κ1) is 16.1. The number of anilines is 1. The first-order valence-corrected chi connectivity index (χ1v) is 7.80. The van der Waals surface area contributed by atoms with E-state index in [-0.39, 0.29) is 18.9 Å². The average molecular weight is 324 g/mol. The van der Waals surface area contributed by atoms with Crippen LogP contribution in [-0.4, -0.2) is 18.4 Å². The van der Waals surface area contributed by atoms with Crippen molar-refractivity contribution < 1.29 is 19.4 Å². The number of ether oxygens (including phenoxy) is 1. The predicted octanol–water partition coefficient (Wildman–Crippen LogP) is 2.20. The minimum atomic E-state index is -1.18. The topological polar surface area (TPSA) is 69.7 Å². The maximum Gasteiger partial charge on any atom is 0.227 e. The quantitative estimate of drug-likeness (QED) is 0.864. The zero-order valence-corrected chi connectivity index (χ0v) is 13.6. The molecule has 124 valence electrons.